The molecule has 0 aromatic heterocycles. The van der Waals surface area contributed by atoms with Gasteiger partial charge in [0, 0.05) is 0 Å². The third-order valence-electron chi connectivity index (χ3n) is 13.0. The van der Waals surface area contributed by atoms with Crippen LogP contribution in [0.3, 0.4) is 0 Å². The molecule has 0 amide bonds. The molecule has 74 heavy (non-hydrogen) atoms. The topological polar surface area (TPSA) is 92.3 Å². The molecule has 11 heteroatoms. The highest BCUT2D eigenvalue weighted by Gasteiger charge is 2.54. The lowest BCUT2D eigenvalue weighted by Gasteiger charge is -2.50. The van der Waals surface area contributed by atoms with Crippen molar-refractivity contribution in [1.29, 1.82) is 0 Å². The van der Waals surface area contributed by atoms with E-state index in [2.05, 4.69) is 91.9 Å². The second-order valence-electron chi connectivity index (χ2n) is 18.4. The fourth-order valence-electron chi connectivity index (χ4n) is 9.26. The summed E-state index contributed by atoms with van der Waals surface area (Å²) in [5, 5.41) is 0. The molecule has 0 aliphatic carbocycles. The molecule has 2 saturated heterocycles. The highest BCUT2D eigenvalue weighted by molar-refractivity contribution is 7.99. The van der Waals surface area contributed by atoms with Crippen molar-refractivity contribution < 1.29 is 47.4 Å². The van der Waals surface area contributed by atoms with Gasteiger partial charge in [-0.2, -0.15) is 0 Å². The van der Waals surface area contributed by atoms with Crippen molar-refractivity contribution in [3.8, 4) is 0 Å². The third-order valence-corrected chi connectivity index (χ3v) is 14.1. The normalized spacial score (nSPS) is 23.9. The van der Waals surface area contributed by atoms with Crippen LogP contribution in [0, 0.1) is 0 Å². The van der Waals surface area contributed by atoms with E-state index >= 15 is 0 Å². The lowest BCUT2D eigenvalue weighted by molar-refractivity contribution is -0.360. The summed E-state index contributed by atoms with van der Waals surface area (Å²) in [6.45, 7) is 4.72. The van der Waals surface area contributed by atoms with Crippen molar-refractivity contribution in [1.82, 2.24) is 0 Å². The largest absolute Gasteiger partial charge is 0.374 e. The smallest absolute Gasteiger partial charge is 0.187 e. The first-order valence-corrected chi connectivity index (χ1v) is 26.8. The molecule has 0 spiro atoms. The Balaban J connectivity index is 1.12. The summed E-state index contributed by atoms with van der Waals surface area (Å²) in [5.41, 5.74) is 6.64. The van der Waals surface area contributed by atoms with Crippen LogP contribution in [0.15, 0.2) is 212 Å². The Kier molecular flexibility index (Phi) is 20.9. The lowest BCUT2D eigenvalue weighted by Crippen LogP contribution is -2.66. The van der Waals surface area contributed by atoms with E-state index in [1.165, 1.54) is 0 Å². The van der Waals surface area contributed by atoms with Crippen LogP contribution in [-0.2, 0) is 93.6 Å². The van der Waals surface area contributed by atoms with Gasteiger partial charge in [-0.3, -0.25) is 0 Å². The van der Waals surface area contributed by atoms with Gasteiger partial charge in [-0.25, -0.2) is 0 Å². The number of ether oxygens (including phenoxy) is 10. The van der Waals surface area contributed by atoms with Gasteiger partial charge in [-0.1, -0.05) is 219 Å². The molecular weight excluding hydrogens is 949 g/mol. The van der Waals surface area contributed by atoms with Crippen molar-refractivity contribution >= 4 is 11.8 Å². The minimum atomic E-state index is -1.05. The fraction of sp³-hybridized carbons (Fsp3) is 0.333. The van der Waals surface area contributed by atoms with Crippen LogP contribution in [-0.4, -0.2) is 79.5 Å². The Morgan fingerprint density at radius 1 is 0.324 bits per heavy atom. The van der Waals surface area contributed by atoms with Crippen LogP contribution in [0.5, 0.6) is 0 Å². The summed E-state index contributed by atoms with van der Waals surface area (Å²) >= 11 is 1.67. The second-order valence-corrected chi connectivity index (χ2v) is 19.8. The Morgan fingerprint density at radius 2 is 0.622 bits per heavy atom. The molecule has 0 unspecified atom stereocenters. The molecule has 2 heterocycles. The summed E-state index contributed by atoms with van der Waals surface area (Å²) in [4.78, 5) is 0. The molecule has 0 radical (unpaired) electrons. The Hall–Kier alpha value is -5.51. The predicted octanol–water partition coefficient (Wildman–Crippen LogP) is 11.9. The molecule has 386 valence electrons. The van der Waals surface area contributed by atoms with Gasteiger partial charge in [0.05, 0.1) is 59.5 Å². The number of rotatable bonds is 27. The maximum atomic E-state index is 7.66. The SMILES string of the molecule is CCS[C@H]1O[C@H](COCc2ccccc2)[C@@H](OCc2ccccc2)[C@H](O[C@H]2O[C@H](COCc3ccccc3)[C@@H](OCc3ccccc3)[C@H](OCc3ccccc3)[C@H]2OCc2ccccc2)[C@@H]1OCc1ccccc1. The van der Waals surface area contributed by atoms with Crippen molar-refractivity contribution in [2.24, 2.45) is 0 Å². The molecule has 2 fully saturated rings. The number of hydrogen-bond donors (Lipinski definition) is 0. The van der Waals surface area contributed by atoms with Gasteiger partial charge in [0.2, 0.25) is 0 Å². The van der Waals surface area contributed by atoms with Gasteiger partial charge < -0.3 is 47.4 Å². The van der Waals surface area contributed by atoms with E-state index < -0.39 is 60.6 Å². The monoisotopic (exact) mass is 1020 g/mol. The van der Waals surface area contributed by atoms with Crippen LogP contribution in [0.2, 0.25) is 0 Å². The Bertz CT molecular complexity index is 2590. The van der Waals surface area contributed by atoms with E-state index in [1.54, 1.807) is 11.8 Å². The van der Waals surface area contributed by atoms with E-state index in [9.17, 15) is 0 Å². The molecule has 2 aliphatic rings. The van der Waals surface area contributed by atoms with E-state index in [-0.39, 0.29) is 33.0 Å². The van der Waals surface area contributed by atoms with Crippen molar-refractivity contribution in [3.05, 3.63) is 251 Å². The maximum Gasteiger partial charge on any atom is 0.187 e. The highest BCUT2D eigenvalue weighted by Crippen LogP contribution is 2.39. The second kappa shape index (κ2) is 29.0. The van der Waals surface area contributed by atoms with Crippen LogP contribution < -0.4 is 0 Å². The first-order chi connectivity index (χ1) is 36.7. The molecule has 0 bridgehead atoms. The Labute approximate surface area is 441 Å². The predicted molar refractivity (Wildman–Crippen MR) is 288 cm³/mol. The lowest BCUT2D eigenvalue weighted by atomic mass is 9.96. The van der Waals surface area contributed by atoms with Crippen LogP contribution >= 0.6 is 11.8 Å². The van der Waals surface area contributed by atoms with Gasteiger partial charge in [-0.15, -0.1) is 11.8 Å². The minimum Gasteiger partial charge on any atom is -0.374 e. The zero-order valence-corrected chi connectivity index (χ0v) is 42.9. The van der Waals surface area contributed by atoms with Gasteiger partial charge in [0.15, 0.2) is 6.29 Å². The Morgan fingerprint density at radius 3 is 0.986 bits per heavy atom. The molecule has 2 aliphatic heterocycles. The van der Waals surface area contributed by atoms with Crippen molar-refractivity contribution in [3.63, 3.8) is 0 Å². The van der Waals surface area contributed by atoms with Crippen molar-refractivity contribution in [2.75, 3.05) is 19.0 Å². The maximum absolute atomic E-state index is 7.66. The van der Waals surface area contributed by atoms with E-state index in [1.807, 2.05) is 127 Å². The highest BCUT2D eigenvalue weighted by atomic mass is 32.2. The molecule has 0 N–H and O–H groups in total. The zero-order chi connectivity index (χ0) is 50.4. The number of thioether (sulfide) groups is 1. The standard InChI is InChI=1S/C63H68O10S/c1-2-74-63-61(70-44-53-36-22-9-23-37-53)59(57(67-41-50-30-16-6-17-31-50)55(72-63)46-65-39-48-26-12-4-13-27-48)73-62-60(69-43-52-34-20-8-21-35-52)58(68-42-51-32-18-7-19-33-51)56(66-40-49-28-14-5-15-29-49)54(71-62)45-64-38-47-24-10-3-11-25-47/h3-37,54-63H,2,38-46H2,1H3/t54-,55-,56-,57-,58+,59+,60-,61+,62-,63-/m1/s1. The minimum absolute atomic E-state index is 0.171. The van der Waals surface area contributed by atoms with E-state index in [0.717, 1.165) is 44.7 Å². The van der Waals surface area contributed by atoms with Gasteiger partial charge in [0.25, 0.3) is 0 Å². The van der Waals surface area contributed by atoms with Gasteiger partial charge in [0.1, 0.15) is 54.3 Å². The average Bonchev–Trinajstić information content (AvgIpc) is 3.45. The quantitative estimate of drug-likeness (QED) is 0.0493. The average molecular weight is 1020 g/mol. The molecule has 9 rings (SSSR count). The molecule has 0 saturated carbocycles. The van der Waals surface area contributed by atoms with Crippen LogP contribution in [0.25, 0.3) is 0 Å². The zero-order valence-electron chi connectivity index (χ0n) is 42.0. The summed E-state index contributed by atoms with van der Waals surface area (Å²) in [6.07, 6.45) is -6.64. The number of benzene rings is 7. The summed E-state index contributed by atoms with van der Waals surface area (Å²) in [5.74, 6) is 0.759. The van der Waals surface area contributed by atoms with Crippen LogP contribution in [0.1, 0.15) is 45.9 Å². The van der Waals surface area contributed by atoms with E-state index in [0.29, 0.717) is 26.4 Å². The number of hydrogen-bond acceptors (Lipinski definition) is 11. The fourth-order valence-corrected chi connectivity index (χ4v) is 10.2. The van der Waals surface area contributed by atoms with Gasteiger partial charge >= 0.3 is 0 Å². The first kappa shape index (κ1) is 53.3. The summed E-state index contributed by atoms with van der Waals surface area (Å²) in [6, 6.07) is 71.0. The molecule has 7 aromatic carbocycles. The first-order valence-electron chi connectivity index (χ1n) is 25.8. The van der Waals surface area contributed by atoms with Crippen LogP contribution in [0.4, 0.5) is 0 Å². The molecule has 10 atom stereocenters. The molecule has 10 nitrogen and oxygen atoms in total. The molecule has 7 aromatic rings. The summed E-state index contributed by atoms with van der Waals surface area (Å²) < 4.78 is 70.7. The molecular formula is C63H68O10S. The third kappa shape index (κ3) is 15.8. The summed E-state index contributed by atoms with van der Waals surface area (Å²) in [7, 11) is 0. The van der Waals surface area contributed by atoms with E-state index in [4.69, 9.17) is 47.4 Å². The van der Waals surface area contributed by atoms with Gasteiger partial charge in [-0.05, 0) is 44.7 Å². The van der Waals surface area contributed by atoms with Crippen molar-refractivity contribution in [2.45, 2.75) is 114 Å².